The maximum Gasteiger partial charge on any atom is 0.427 e. The van der Waals surface area contributed by atoms with Gasteiger partial charge in [-0.25, -0.2) is 4.98 Å². The highest BCUT2D eigenvalue weighted by Gasteiger charge is 2.33. The molecule has 0 amide bonds. The number of halogens is 3. The Hall–Kier alpha value is -1.31. The minimum atomic E-state index is -4.40. The lowest BCUT2D eigenvalue weighted by Crippen LogP contribution is -2.07. The van der Waals surface area contributed by atoms with E-state index in [2.05, 4.69) is 10.3 Å². The molecule has 84 valence electrons. The van der Waals surface area contributed by atoms with E-state index in [1.165, 1.54) is 0 Å². The Balaban J connectivity index is 2.50. The van der Waals surface area contributed by atoms with Crippen LogP contribution >= 0.6 is 11.3 Å². The number of aliphatic carboxylic acids is 1. The predicted molar refractivity (Wildman–Crippen MR) is 47.9 cm³/mol. The minimum Gasteiger partial charge on any atom is -0.481 e. The van der Waals surface area contributed by atoms with Crippen LogP contribution in [0.2, 0.25) is 0 Å². The molecule has 1 aromatic heterocycles. The Morgan fingerprint density at radius 2 is 2.27 bits per heavy atom. The van der Waals surface area contributed by atoms with E-state index in [0.29, 0.717) is 17.5 Å². The van der Waals surface area contributed by atoms with Crippen LogP contribution in [-0.4, -0.2) is 22.6 Å². The summed E-state index contributed by atoms with van der Waals surface area (Å²) < 4.78 is 36.3. The maximum atomic E-state index is 12.1. The molecule has 0 aliphatic rings. The smallest absolute Gasteiger partial charge is 0.427 e. The van der Waals surface area contributed by atoms with Crippen molar-refractivity contribution >= 4 is 22.4 Å². The molecule has 0 aliphatic carbocycles. The van der Waals surface area contributed by atoms with Crippen LogP contribution in [0.3, 0.4) is 0 Å². The second kappa shape index (κ2) is 4.47. The summed E-state index contributed by atoms with van der Waals surface area (Å²) in [6, 6.07) is 0. The van der Waals surface area contributed by atoms with Crippen LogP contribution in [0.1, 0.15) is 11.3 Å². The average Bonchev–Trinajstić information content (AvgIpc) is 2.51. The number of carboxylic acid groups (broad SMARTS) is 1. The van der Waals surface area contributed by atoms with Gasteiger partial charge in [-0.15, -0.1) is 0 Å². The van der Waals surface area contributed by atoms with Gasteiger partial charge in [-0.3, -0.25) is 4.79 Å². The molecule has 0 radical (unpaired) electrons. The lowest BCUT2D eigenvalue weighted by atomic mass is 10.4. The first-order chi connectivity index (χ1) is 6.89. The van der Waals surface area contributed by atoms with E-state index in [1.807, 2.05) is 0 Å². The molecule has 8 heteroatoms. The molecule has 0 unspecified atom stereocenters. The van der Waals surface area contributed by atoms with Crippen LogP contribution in [-0.2, 0) is 11.0 Å². The second-order valence-corrected chi connectivity index (χ2v) is 3.63. The summed E-state index contributed by atoms with van der Waals surface area (Å²) in [5.41, 5.74) is 0. The molecule has 0 fully saturated rings. The number of carbonyl (C=O) groups is 1. The van der Waals surface area contributed by atoms with E-state index >= 15 is 0 Å². The number of carboxylic acids is 1. The molecule has 0 bridgehead atoms. The van der Waals surface area contributed by atoms with Crippen molar-refractivity contribution < 1.29 is 23.1 Å². The third-order valence-corrected chi connectivity index (χ3v) is 2.40. The molecule has 0 aliphatic heterocycles. The van der Waals surface area contributed by atoms with Crippen molar-refractivity contribution in [2.75, 3.05) is 11.9 Å². The monoisotopic (exact) mass is 240 g/mol. The van der Waals surface area contributed by atoms with E-state index in [-0.39, 0.29) is 18.1 Å². The molecule has 1 heterocycles. The number of hydrogen-bond donors (Lipinski definition) is 2. The van der Waals surface area contributed by atoms with E-state index in [0.717, 1.165) is 0 Å². The van der Waals surface area contributed by atoms with Crippen molar-refractivity contribution in [3.63, 3.8) is 0 Å². The summed E-state index contributed by atoms with van der Waals surface area (Å²) in [6.07, 6.45) is -3.85. The van der Waals surface area contributed by atoms with Crippen molar-refractivity contribution in [1.82, 2.24) is 4.98 Å². The molecular weight excluding hydrogens is 233 g/mol. The van der Waals surface area contributed by atoms with Gasteiger partial charge in [0.2, 0.25) is 0 Å². The normalized spacial score (nSPS) is 11.4. The summed E-state index contributed by atoms with van der Waals surface area (Å²) in [5.74, 6) is -1.02. The Labute approximate surface area is 86.8 Å². The first kappa shape index (κ1) is 11.8. The summed E-state index contributed by atoms with van der Waals surface area (Å²) in [4.78, 5) is 12.8. The van der Waals surface area contributed by atoms with E-state index < -0.39 is 17.0 Å². The molecule has 0 atom stereocenters. The Bertz CT molecular complexity index is 350. The molecule has 1 rings (SSSR count). The van der Waals surface area contributed by atoms with Crippen LogP contribution in [0.15, 0.2) is 6.20 Å². The summed E-state index contributed by atoms with van der Waals surface area (Å²) in [6.45, 7) is 0.0557. The van der Waals surface area contributed by atoms with Gasteiger partial charge in [0.15, 0.2) is 5.13 Å². The van der Waals surface area contributed by atoms with Gasteiger partial charge in [-0.05, 0) is 0 Å². The van der Waals surface area contributed by atoms with Crippen molar-refractivity contribution in [1.29, 1.82) is 0 Å². The van der Waals surface area contributed by atoms with Crippen molar-refractivity contribution in [3.8, 4) is 0 Å². The first-order valence-corrected chi connectivity index (χ1v) is 4.70. The summed E-state index contributed by atoms with van der Waals surface area (Å²) in [5, 5.41) is 10.9. The number of hydrogen-bond acceptors (Lipinski definition) is 4. The fourth-order valence-electron chi connectivity index (χ4n) is 0.763. The third kappa shape index (κ3) is 3.74. The number of nitrogens with zero attached hydrogens (tertiary/aromatic N) is 1. The SMILES string of the molecule is O=C(O)CCNc1ncc(C(F)(F)F)s1. The quantitative estimate of drug-likeness (QED) is 0.845. The van der Waals surface area contributed by atoms with Crippen molar-refractivity contribution in [3.05, 3.63) is 11.1 Å². The van der Waals surface area contributed by atoms with Gasteiger partial charge in [0, 0.05) is 6.54 Å². The topological polar surface area (TPSA) is 62.2 Å². The number of rotatable bonds is 4. The first-order valence-electron chi connectivity index (χ1n) is 3.88. The highest BCUT2D eigenvalue weighted by atomic mass is 32.1. The van der Waals surface area contributed by atoms with Gasteiger partial charge in [-0.1, -0.05) is 11.3 Å². The standard InChI is InChI=1S/C7H7F3N2O2S/c8-7(9,10)4-3-12-6(15-4)11-2-1-5(13)14/h3H,1-2H2,(H,11,12)(H,13,14). The van der Waals surface area contributed by atoms with Gasteiger partial charge >= 0.3 is 12.1 Å². The zero-order chi connectivity index (χ0) is 11.5. The predicted octanol–water partition coefficient (Wildman–Crippen LogP) is 2.05. The van der Waals surface area contributed by atoms with Gasteiger partial charge in [0.25, 0.3) is 0 Å². The largest absolute Gasteiger partial charge is 0.481 e. The number of anilines is 1. The molecule has 0 saturated carbocycles. The maximum absolute atomic E-state index is 12.1. The highest BCUT2D eigenvalue weighted by molar-refractivity contribution is 7.15. The fourth-order valence-corrected chi connectivity index (χ4v) is 1.47. The zero-order valence-corrected chi connectivity index (χ0v) is 8.15. The van der Waals surface area contributed by atoms with Crippen molar-refractivity contribution in [2.45, 2.75) is 12.6 Å². The number of aromatic nitrogens is 1. The average molecular weight is 240 g/mol. The fraction of sp³-hybridized carbons (Fsp3) is 0.429. The van der Waals surface area contributed by atoms with Crippen LogP contribution in [0.4, 0.5) is 18.3 Å². The molecule has 4 nitrogen and oxygen atoms in total. The van der Waals surface area contributed by atoms with E-state index in [9.17, 15) is 18.0 Å². The zero-order valence-electron chi connectivity index (χ0n) is 7.34. The number of alkyl halides is 3. The van der Waals surface area contributed by atoms with Crippen LogP contribution in [0.25, 0.3) is 0 Å². The number of thiazole rings is 1. The lowest BCUT2D eigenvalue weighted by molar-refractivity contribution is -0.137. The molecule has 1 aromatic rings. The van der Waals surface area contributed by atoms with Gasteiger partial charge < -0.3 is 10.4 Å². The Kier molecular flexibility index (Phi) is 3.51. The van der Waals surface area contributed by atoms with Gasteiger partial charge in [-0.2, -0.15) is 13.2 Å². The van der Waals surface area contributed by atoms with Crippen LogP contribution in [0.5, 0.6) is 0 Å². The second-order valence-electron chi connectivity index (χ2n) is 2.60. The van der Waals surface area contributed by atoms with Crippen molar-refractivity contribution in [2.24, 2.45) is 0 Å². The van der Waals surface area contributed by atoms with Crippen LogP contribution in [0, 0.1) is 0 Å². The number of nitrogens with one attached hydrogen (secondary N) is 1. The molecule has 0 saturated heterocycles. The third-order valence-electron chi connectivity index (χ3n) is 1.40. The molecule has 2 N–H and O–H groups in total. The Morgan fingerprint density at radius 3 is 2.73 bits per heavy atom. The molecule has 0 spiro atoms. The van der Waals surface area contributed by atoms with Gasteiger partial charge in [0.05, 0.1) is 12.6 Å². The molecular formula is C7H7F3N2O2S. The summed E-state index contributed by atoms with van der Waals surface area (Å²) in [7, 11) is 0. The Morgan fingerprint density at radius 1 is 1.60 bits per heavy atom. The van der Waals surface area contributed by atoms with Crippen LogP contribution < -0.4 is 5.32 Å². The lowest BCUT2D eigenvalue weighted by Gasteiger charge is -2.00. The highest BCUT2D eigenvalue weighted by Crippen LogP contribution is 2.34. The van der Waals surface area contributed by atoms with E-state index in [4.69, 9.17) is 5.11 Å². The minimum absolute atomic E-state index is 0.0557. The molecule has 15 heavy (non-hydrogen) atoms. The molecule has 0 aromatic carbocycles. The van der Waals surface area contributed by atoms with E-state index in [1.54, 1.807) is 0 Å². The van der Waals surface area contributed by atoms with Gasteiger partial charge in [0.1, 0.15) is 4.88 Å². The summed E-state index contributed by atoms with van der Waals surface area (Å²) >= 11 is 0.451.